The molecule has 34 heavy (non-hydrogen) atoms. The van der Waals surface area contributed by atoms with Crippen molar-refractivity contribution < 1.29 is 13.9 Å². The van der Waals surface area contributed by atoms with Gasteiger partial charge in [-0.1, -0.05) is 6.07 Å². The molecule has 0 unspecified atom stereocenters. The fourth-order valence-electron chi connectivity index (χ4n) is 5.18. The first-order chi connectivity index (χ1) is 16.6. The smallest absolute Gasteiger partial charge is 0.347 e. The van der Waals surface area contributed by atoms with Gasteiger partial charge >= 0.3 is 5.69 Å². The minimum absolute atomic E-state index is 0.158. The van der Waals surface area contributed by atoms with Gasteiger partial charge in [-0.3, -0.25) is 4.79 Å². The molecular weight excluding hydrogens is 432 g/mol. The first-order valence-electron chi connectivity index (χ1n) is 11.7. The van der Waals surface area contributed by atoms with Gasteiger partial charge in [0.2, 0.25) is 0 Å². The molecule has 0 amide bonds. The number of ether oxygens (including phenoxy) is 1. The highest BCUT2D eigenvalue weighted by atomic mass is 16.5. The van der Waals surface area contributed by atoms with E-state index in [0.717, 1.165) is 47.9 Å². The number of furan rings is 1. The first kappa shape index (κ1) is 20.9. The predicted molar refractivity (Wildman–Crippen MR) is 127 cm³/mol. The number of fused-ring (bicyclic) bond motifs is 1. The molecule has 3 heterocycles. The van der Waals surface area contributed by atoms with Crippen molar-refractivity contribution >= 4 is 16.8 Å². The standard InChI is InChI=1S/C26H26N4O4/c1-33-22-13-19(5-6-20(22)17-4-7-21-18(12-17)8-11-34-21)30-23(28-29-25(30)32)14-26(9-10-27-15-26)24(31)16-2-3-16/h4-8,11-13,16,27H,2-3,9-10,14-15H2,1H3,(H,29,32)/t26-/m0/s1. The topological polar surface area (TPSA) is 102 Å². The number of hydrogen-bond donors (Lipinski definition) is 2. The Balaban J connectivity index is 1.38. The summed E-state index contributed by atoms with van der Waals surface area (Å²) in [5.41, 5.74) is 2.54. The van der Waals surface area contributed by atoms with Crippen LogP contribution in [0.5, 0.6) is 5.75 Å². The van der Waals surface area contributed by atoms with E-state index in [2.05, 4.69) is 15.5 Å². The summed E-state index contributed by atoms with van der Waals surface area (Å²) in [6.45, 7) is 1.43. The number of nitrogens with one attached hydrogen (secondary N) is 2. The van der Waals surface area contributed by atoms with Crippen LogP contribution in [-0.2, 0) is 11.2 Å². The first-order valence-corrected chi connectivity index (χ1v) is 11.7. The van der Waals surface area contributed by atoms with Crippen molar-refractivity contribution in [3.05, 3.63) is 65.0 Å². The Labute approximate surface area is 195 Å². The third-order valence-electron chi connectivity index (χ3n) is 7.16. The van der Waals surface area contributed by atoms with Gasteiger partial charge in [0.05, 0.1) is 19.1 Å². The zero-order chi connectivity index (χ0) is 23.3. The van der Waals surface area contributed by atoms with E-state index in [9.17, 15) is 9.59 Å². The van der Waals surface area contributed by atoms with Crippen molar-refractivity contribution in [3.8, 4) is 22.6 Å². The highest BCUT2D eigenvalue weighted by molar-refractivity contribution is 5.89. The summed E-state index contributed by atoms with van der Waals surface area (Å²) in [5, 5.41) is 11.3. The Morgan fingerprint density at radius 3 is 2.88 bits per heavy atom. The lowest BCUT2D eigenvalue weighted by Gasteiger charge is -2.26. The molecule has 0 spiro atoms. The van der Waals surface area contributed by atoms with Gasteiger partial charge in [-0.2, -0.15) is 5.10 Å². The number of Topliss-reactive ketones (excluding diaryl/α,β-unsaturated/α-hetero) is 1. The van der Waals surface area contributed by atoms with Gasteiger partial charge in [0.25, 0.3) is 0 Å². The third kappa shape index (κ3) is 3.45. The number of hydrogen-bond acceptors (Lipinski definition) is 6. The number of nitrogens with zero attached hydrogens (tertiary/aromatic N) is 2. The van der Waals surface area contributed by atoms with Gasteiger partial charge in [-0.15, -0.1) is 0 Å². The highest BCUT2D eigenvalue weighted by Gasteiger charge is 2.48. The molecule has 1 saturated carbocycles. The normalized spacial score (nSPS) is 20.1. The Kier molecular flexibility index (Phi) is 4.91. The quantitative estimate of drug-likeness (QED) is 0.440. The number of methoxy groups -OCH3 is 1. The number of rotatable bonds is 7. The molecule has 174 valence electrons. The van der Waals surface area contributed by atoms with Crippen molar-refractivity contribution in [1.82, 2.24) is 20.1 Å². The molecule has 1 aliphatic heterocycles. The Bertz CT molecular complexity index is 1440. The van der Waals surface area contributed by atoms with Crippen molar-refractivity contribution in [2.45, 2.75) is 25.7 Å². The average molecular weight is 459 g/mol. The SMILES string of the molecule is COc1cc(-n2c(C[C@@]3(C(=O)C4CC4)CCNC3)n[nH]c2=O)ccc1-c1ccc2occc2c1. The summed E-state index contributed by atoms with van der Waals surface area (Å²) >= 11 is 0. The fourth-order valence-corrected chi connectivity index (χ4v) is 5.18. The monoisotopic (exact) mass is 458 g/mol. The molecule has 4 aromatic rings. The maximum atomic E-state index is 13.2. The number of benzene rings is 2. The molecule has 0 radical (unpaired) electrons. The van der Waals surface area contributed by atoms with Crippen LogP contribution >= 0.6 is 0 Å². The third-order valence-corrected chi connectivity index (χ3v) is 7.16. The van der Waals surface area contributed by atoms with Gasteiger partial charge in [-0.05, 0) is 61.7 Å². The van der Waals surface area contributed by atoms with Crippen LogP contribution in [0.3, 0.4) is 0 Å². The van der Waals surface area contributed by atoms with Crippen LogP contribution in [0.15, 0.2) is 57.9 Å². The molecule has 8 heteroatoms. The molecule has 2 aromatic carbocycles. The molecule has 0 bridgehead atoms. The molecule has 2 fully saturated rings. The highest BCUT2D eigenvalue weighted by Crippen LogP contribution is 2.42. The number of H-pyrrole nitrogens is 1. The Morgan fingerprint density at radius 2 is 2.12 bits per heavy atom. The van der Waals surface area contributed by atoms with E-state index in [1.807, 2.05) is 42.5 Å². The molecule has 1 saturated heterocycles. The molecule has 2 aromatic heterocycles. The lowest BCUT2D eigenvalue weighted by atomic mass is 9.77. The van der Waals surface area contributed by atoms with Crippen LogP contribution in [0, 0.1) is 11.3 Å². The summed E-state index contributed by atoms with van der Waals surface area (Å²) in [6, 6.07) is 13.6. The van der Waals surface area contributed by atoms with Crippen LogP contribution < -0.4 is 15.7 Å². The van der Waals surface area contributed by atoms with Crippen molar-refractivity contribution in [3.63, 3.8) is 0 Å². The minimum Gasteiger partial charge on any atom is -0.496 e. The van der Waals surface area contributed by atoms with Crippen LogP contribution in [0.4, 0.5) is 0 Å². The van der Waals surface area contributed by atoms with E-state index in [0.29, 0.717) is 36.0 Å². The Hall–Kier alpha value is -3.65. The van der Waals surface area contributed by atoms with Gasteiger partial charge in [0.15, 0.2) is 0 Å². The second kappa shape index (κ2) is 7.99. The van der Waals surface area contributed by atoms with E-state index in [4.69, 9.17) is 9.15 Å². The second-order valence-corrected chi connectivity index (χ2v) is 9.36. The maximum Gasteiger partial charge on any atom is 0.347 e. The number of carbonyl (C=O) groups excluding carboxylic acids is 1. The van der Waals surface area contributed by atoms with E-state index in [1.165, 1.54) is 0 Å². The lowest BCUT2D eigenvalue weighted by molar-refractivity contribution is -0.129. The van der Waals surface area contributed by atoms with Gasteiger partial charge in [0.1, 0.15) is 22.9 Å². The van der Waals surface area contributed by atoms with Crippen molar-refractivity contribution in [1.29, 1.82) is 0 Å². The van der Waals surface area contributed by atoms with Gasteiger partial charge in [-0.25, -0.2) is 14.5 Å². The van der Waals surface area contributed by atoms with E-state index < -0.39 is 5.41 Å². The van der Waals surface area contributed by atoms with Crippen LogP contribution in [0.2, 0.25) is 0 Å². The Morgan fingerprint density at radius 1 is 1.24 bits per heavy atom. The minimum atomic E-state index is -0.505. The number of ketones is 1. The molecule has 8 nitrogen and oxygen atoms in total. The van der Waals surface area contributed by atoms with E-state index >= 15 is 0 Å². The lowest BCUT2D eigenvalue weighted by Crippen LogP contribution is -2.38. The summed E-state index contributed by atoms with van der Waals surface area (Å²) in [6.07, 6.45) is 4.80. The molecule has 2 aliphatic rings. The largest absolute Gasteiger partial charge is 0.496 e. The fraction of sp³-hybridized carbons (Fsp3) is 0.346. The van der Waals surface area contributed by atoms with E-state index in [-0.39, 0.29) is 11.6 Å². The molecular formula is C26H26N4O4. The number of aromatic amines is 1. The zero-order valence-electron chi connectivity index (χ0n) is 19.0. The van der Waals surface area contributed by atoms with Crippen molar-refractivity contribution in [2.24, 2.45) is 11.3 Å². The summed E-state index contributed by atoms with van der Waals surface area (Å²) in [7, 11) is 1.62. The summed E-state index contributed by atoms with van der Waals surface area (Å²) in [4.78, 5) is 26.0. The zero-order valence-corrected chi connectivity index (χ0v) is 19.0. The molecule has 1 atom stereocenters. The van der Waals surface area contributed by atoms with Crippen molar-refractivity contribution in [2.75, 3.05) is 20.2 Å². The van der Waals surface area contributed by atoms with E-state index in [1.54, 1.807) is 17.9 Å². The second-order valence-electron chi connectivity index (χ2n) is 9.36. The predicted octanol–water partition coefficient (Wildman–Crippen LogP) is 3.48. The summed E-state index contributed by atoms with van der Waals surface area (Å²) in [5.74, 6) is 1.68. The molecule has 6 rings (SSSR count). The van der Waals surface area contributed by atoms with Crippen LogP contribution in [0.1, 0.15) is 25.1 Å². The van der Waals surface area contributed by atoms with Gasteiger partial charge < -0.3 is 14.5 Å². The number of aromatic nitrogens is 3. The maximum absolute atomic E-state index is 13.2. The van der Waals surface area contributed by atoms with Crippen LogP contribution in [-0.4, -0.2) is 40.7 Å². The summed E-state index contributed by atoms with van der Waals surface area (Å²) < 4.78 is 12.7. The molecule has 2 N–H and O–H groups in total. The van der Waals surface area contributed by atoms with Crippen LogP contribution in [0.25, 0.3) is 27.8 Å². The average Bonchev–Trinajstić information content (AvgIpc) is 3.23. The van der Waals surface area contributed by atoms with Gasteiger partial charge in [0, 0.05) is 41.3 Å². The number of carbonyl (C=O) groups is 1. The molecule has 1 aliphatic carbocycles.